The normalized spacial score (nSPS) is 20.0. The van der Waals surface area contributed by atoms with E-state index in [1.54, 1.807) is 0 Å². The largest absolute Gasteiger partial charge is 0.296 e. The van der Waals surface area contributed by atoms with Crippen LogP contribution in [0.1, 0.15) is 32.5 Å². The Morgan fingerprint density at radius 3 is 2.90 bits per heavy atom. The van der Waals surface area contributed by atoms with Gasteiger partial charge in [0.2, 0.25) is 0 Å². The van der Waals surface area contributed by atoms with Crippen LogP contribution in [0.2, 0.25) is 0 Å². The molecular weight excluding hydrogens is 262 g/mol. The zero-order chi connectivity index (χ0) is 14.8. The first-order valence-corrected chi connectivity index (χ1v) is 7.90. The Balaban J connectivity index is 1.99. The fourth-order valence-electron chi connectivity index (χ4n) is 3.29. The standard InChI is InChI=1S/C17H23N3O/c1-3-20-16(12-19-10-6-7-13(2)11-19)18-15-9-5-4-8-14(15)17(20)21/h4-5,8-9,13H,3,6-7,10-12H2,1-2H3/t13-/m1/s1. The molecule has 4 nitrogen and oxygen atoms in total. The molecule has 1 aromatic carbocycles. The van der Waals surface area contributed by atoms with Gasteiger partial charge in [0.1, 0.15) is 5.82 Å². The first-order valence-electron chi connectivity index (χ1n) is 7.90. The quantitative estimate of drug-likeness (QED) is 0.870. The summed E-state index contributed by atoms with van der Waals surface area (Å²) in [5.41, 5.74) is 0.899. The molecule has 0 amide bonds. The van der Waals surface area contributed by atoms with Gasteiger partial charge in [-0.1, -0.05) is 19.1 Å². The van der Waals surface area contributed by atoms with Crippen LogP contribution in [0.15, 0.2) is 29.1 Å². The molecular formula is C17H23N3O. The lowest BCUT2D eigenvalue weighted by molar-refractivity contribution is 0.170. The van der Waals surface area contributed by atoms with Crippen molar-refractivity contribution < 1.29 is 0 Å². The molecule has 1 aliphatic heterocycles. The van der Waals surface area contributed by atoms with Gasteiger partial charge in [-0.2, -0.15) is 0 Å². The molecule has 0 radical (unpaired) electrons. The molecule has 3 rings (SSSR count). The molecule has 0 bridgehead atoms. The van der Waals surface area contributed by atoms with E-state index in [0.29, 0.717) is 6.54 Å². The van der Waals surface area contributed by atoms with Crippen LogP contribution in [0.25, 0.3) is 10.9 Å². The van der Waals surface area contributed by atoms with E-state index in [4.69, 9.17) is 4.98 Å². The average molecular weight is 285 g/mol. The van der Waals surface area contributed by atoms with E-state index in [-0.39, 0.29) is 5.56 Å². The molecule has 0 aliphatic carbocycles. The number of nitrogens with zero attached hydrogens (tertiary/aromatic N) is 3. The maximum absolute atomic E-state index is 12.6. The van der Waals surface area contributed by atoms with Crippen molar-refractivity contribution in [2.75, 3.05) is 13.1 Å². The van der Waals surface area contributed by atoms with Crippen molar-refractivity contribution in [2.24, 2.45) is 5.92 Å². The van der Waals surface area contributed by atoms with Crippen LogP contribution in [0.5, 0.6) is 0 Å². The molecule has 0 saturated carbocycles. The summed E-state index contributed by atoms with van der Waals surface area (Å²) in [6.07, 6.45) is 2.55. The van der Waals surface area contributed by atoms with E-state index in [1.807, 2.05) is 35.8 Å². The second kappa shape index (κ2) is 5.98. The average Bonchev–Trinajstić information content (AvgIpc) is 2.48. The van der Waals surface area contributed by atoms with Crippen LogP contribution in [0.4, 0.5) is 0 Å². The molecule has 1 saturated heterocycles. The van der Waals surface area contributed by atoms with Gasteiger partial charge in [0.05, 0.1) is 17.4 Å². The third-order valence-electron chi connectivity index (χ3n) is 4.36. The molecule has 1 aliphatic rings. The summed E-state index contributed by atoms with van der Waals surface area (Å²) in [4.78, 5) is 19.8. The molecule has 2 aromatic rings. The summed E-state index contributed by atoms with van der Waals surface area (Å²) in [6.45, 7) is 7.98. The Kier molecular flexibility index (Phi) is 4.06. The van der Waals surface area contributed by atoms with Crippen LogP contribution in [0.3, 0.4) is 0 Å². The number of likely N-dealkylation sites (tertiary alicyclic amines) is 1. The highest BCUT2D eigenvalue weighted by Gasteiger charge is 2.19. The minimum absolute atomic E-state index is 0.0863. The number of aromatic nitrogens is 2. The number of para-hydroxylation sites is 1. The van der Waals surface area contributed by atoms with Crippen molar-refractivity contribution >= 4 is 10.9 Å². The first kappa shape index (κ1) is 14.3. The van der Waals surface area contributed by atoms with Gasteiger partial charge in [-0.15, -0.1) is 0 Å². The van der Waals surface area contributed by atoms with Crippen LogP contribution >= 0.6 is 0 Å². The second-order valence-corrected chi connectivity index (χ2v) is 6.08. The molecule has 1 aromatic heterocycles. The van der Waals surface area contributed by atoms with Crippen molar-refractivity contribution in [3.8, 4) is 0 Å². The zero-order valence-electron chi connectivity index (χ0n) is 12.9. The van der Waals surface area contributed by atoms with E-state index in [9.17, 15) is 4.79 Å². The number of rotatable bonds is 3. The van der Waals surface area contributed by atoms with Gasteiger partial charge in [-0.25, -0.2) is 4.98 Å². The molecule has 21 heavy (non-hydrogen) atoms. The van der Waals surface area contributed by atoms with Crippen LogP contribution in [-0.2, 0) is 13.1 Å². The SMILES string of the molecule is CCn1c(CN2CCC[C@@H](C)C2)nc2ccccc2c1=O. The third kappa shape index (κ3) is 2.86. The Morgan fingerprint density at radius 1 is 1.33 bits per heavy atom. The highest BCUT2D eigenvalue weighted by Crippen LogP contribution is 2.17. The highest BCUT2D eigenvalue weighted by molar-refractivity contribution is 5.77. The molecule has 1 atom stereocenters. The van der Waals surface area contributed by atoms with Gasteiger partial charge in [-0.05, 0) is 44.4 Å². The molecule has 0 unspecified atom stereocenters. The van der Waals surface area contributed by atoms with Crippen molar-refractivity contribution in [2.45, 2.75) is 39.8 Å². The van der Waals surface area contributed by atoms with Gasteiger partial charge in [0.15, 0.2) is 0 Å². The van der Waals surface area contributed by atoms with Gasteiger partial charge in [0, 0.05) is 13.1 Å². The van der Waals surface area contributed by atoms with Crippen LogP contribution in [0, 0.1) is 5.92 Å². The molecule has 112 valence electrons. The van der Waals surface area contributed by atoms with Gasteiger partial charge < -0.3 is 0 Å². The minimum atomic E-state index is 0.0863. The second-order valence-electron chi connectivity index (χ2n) is 6.08. The summed E-state index contributed by atoms with van der Waals surface area (Å²) in [5, 5.41) is 0.718. The summed E-state index contributed by atoms with van der Waals surface area (Å²) < 4.78 is 1.82. The van der Waals surface area contributed by atoms with Crippen LogP contribution < -0.4 is 5.56 Å². The fraction of sp³-hybridized carbons (Fsp3) is 0.529. The number of hydrogen-bond acceptors (Lipinski definition) is 3. The van der Waals surface area contributed by atoms with Crippen molar-refractivity contribution in [3.05, 3.63) is 40.4 Å². The molecule has 1 fully saturated rings. The van der Waals surface area contributed by atoms with E-state index in [1.165, 1.54) is 12.8 Å². The van der Waals surface area contributed by atoms with Crippen molar-refractivity contribution in [3.63, 3.8) is 0 Å². The van der Waals surface area contributed by atoms with E-state index < -0.39 is 0 Å². The number of hydrogen-bond donors (Lipinski definition) is 0. The highest BCUT2D eigenvalue weighted by atomic mass is 16.1. The van der Waals surface area contributed by atoms with E-state index in [2.05, 4.69) is 11.8 Å². The Hall–Kier alpha value is -1.68. The Morgan fingerprint density at radius 2 is 2.14 bits per heavy atom. The van der Waals surface area contributed by atoms with Crippen molar-refractivity contribution in [1.82, 2.24) is 14.5 Å². The van der Waals surface area contributed by atoms with Crippen molar-refractivity contribution in [1.29, 1.82) is 0 Å². The molecule has 0 N–H and O–H groups in total. The lowest BCUT2D eigenvalue weighted by Crippen LogP contribution is -2.36. The maximum Gasteiger partial charge on any atom is 0.261 e. The molecule has 4 heteroatoms. The van der Waals surface area contributed by atoms with E-state index >= 15 is 0 Å². The summed E-state index contributed by atoms with van der Waals surface area (Å²) in [7, 11) is 0. The Bertz CT molecular complexity index is 692. The monoisotopic (exact) mass is 285 g/mol. The van der Waals surface area contributed by atoms with Gasteiger partial charge >= 0.3 is 0 Å². The van der Waals surface area contributed by atoms with E-state index in [0.717, 1.165) is 42.3 Å². The fourth-order valence-corrected chi connectivity index (χ4v) is 3.29. The topological polar surface area (TPSA) is 38.1 Å². The van der Waals surface area contributed by atoms with Gasteiger partial charge in [-0.3, -0.25) is 14.3 Å². The van der Waals surface area contributed by atoms with Gasteiger partial charge in [0.25, 0.3) is 5.56 Å². The van der Waals surface area contributed by atoms with Crippen LogP contribution in [-0.4, -0.2) is 27.5 Å². The molecule has 0 spiro atoms. The summed E-state index contributed by atoms with van der Waals surface area (Å²) in [6, 6.07) is 7.64. The Labute approximate surface area is 125 Å². The molecule has 2 heterocycles. The lowest BCUT2D eigenvalue weighted by atomic mass is 10.0. The predicted molar refractivity (Wildman–Crippen MR) is 85.4 cm³/mol. The number of piperidine rings is 1. The minimum Gasteiger partial charge on any atom is -0.296 e. The third-order valence-corrected chi connectivity index (χ3v) is 4.36. The number of benzene rings is 1. The lowest BCUT2D eigenvalue weighted by Gasteiger charge is -2.31. The zero-order valence-corrected chi connectivity index (χ0v) is 12.9. The first-order chi connectivity index (χ1) is 10.2. The number of fused-ring (bicyclic) bond motifs is 1. The summed E-state index contributed by atoms with van der Waals surface area (Å²) >= 11 is 0. The maximum atomic E-state index is 12.6. The smallest absolute Gasteiger partial charge is 0.261 e. The summed E-state index contributed by atoms with van der Waals surface area (Å²) in [5.74, 6) is 1.64. The predicted octanol–water partition coefficient (Wildman–Crippen LogP) is 2.65.